The van der Waals surface area contributed by atoms with Gasteiger partial charge in [0.05, 0.1) is 12.2 Å². The lowest BCUT2D eigenvalue weighted by molar-refractivity contribution is -0.116. The summed E-state index contributed by atoms with van der Waals surface area (Å²) in [6.45, 7) is -0.319. The van der Waals surface area contributed by atoms with E-state index in [0.29, 0.717) is 16.5 Å². The van der Waals surface area contributed by atoms with Crippen molar-refractivity contribution in [1.82, 2.24) is 14.3 Å². The van der Waals surface area contributed by atoms with Gasteiger partial charge in [0.1, 0.15) is 5.69 Å². The summed E-state index contributed by atoms with van der Waals surface area (Å²) >= 11 is 1.25. The van der Waals surface area contributed by atoms with Crippen LogP contribution in [0.2, 0.25) is 0 Å². The lowest BCUT2D eigenvalue weighted by atomic mass is 10.2. The van der Waals surface area contributed by atoms with E-state index in [4.69, 9.17) is 0 Å². The van der Waals surface area contributed by atoms with Crippen molar-refractivity contribution in [2.75, 3.05) is 18.9 Å². The van der Waals surface area contributed by atoms with Gasteiger partial charge < -0.3 is 5.32 Å². The summed E-state index contributed by atoms with van der Waals surface area (Å²) in [7, 11) is -2.37. The van der Waals surface area contributed by atoms with Crippen molar-refractivity contribution in [3.05, 3.63) is 71.1 Å². The van der Waals surface area contributed by atoms with Gasteiger partial charge in [0, 0.05) is 24.0 Å². The smallest absolute Gasteiger partial charge is 0.241 e. The highest BCUT2D eigenvalue weighted by Gasteiger charge is 2.18. The van der Waals surface area contributed by atoms with E-state index in [2.05, 4.69) is 15.3 Å². The number of nitrogens with one attached hydrogen (secondary N) is 1. The number of sulfonamides is 1. The van der Waals surface area contributed by atoms with E-state index >= 15 is 0 Å². The Balaban J connectivity index is 1.60. The molecule has 0 aliphatic rings. The zero-order valence-electron chi connectivity index (χ0n) is 15.0. The van der Waals surface area contributed by atoms with Gasteiger partial charge in [0.15, 0.2) is 5.13 Å². The fourth-order valence-corrected chi connectivity index (χ4v) is 3.80. The molecule has 0 atom stereocenters. The summed E-state index contributed by atoms with van der Waals surface area (Å²) in [5.74, 6) is -0.471. The maximum atomic E-state index is 12.3. The number of carbonyl (C=O) groups is 1. The maximum Gasteiger partial charge on any atom is 0.241 e. The molecule has 7 nitrogen and oxygen atoms in total. The van der Waals surface area contributed by atoms with Crippen molar-refractivity contribution in [1.29, 1.82) is 0 Å². The third-order valence-electron chi connectivity index (χ3n) is 3.71. The molecule has 9 heteroatoms. The molecule has 0 fully saturated rings. The molecule has 28 heavy (non-hydrogen) atoms. The van der Waals surface area contributed by atoms with Crippen LogP contribution in [0.5, 0.6) is 0 Å². The van der Waals surface area contributed by atoms with Crippen molar-refractivity contribution in [2.45, 2.75) is 0 Å². The molecule has 0 spiro atoms. The first-order valence-corrected chi connectivity index (χ1v) is 10.7. The second-order valence-electron chi connectivity index (χ2n) is 5.82. The molecule has 0 saturated carbocycles. The van der Waals surface area contributed by atoms with Gasteiger partial charge in [-0.2, -0.15) is 4.31 Å². The van der Waals surface area contributed by atoms with Gasteiger partial charge in [0.25, 0.3) is 0 Å². The molecule has 0 radical (unpaired) electrons. The Morgan fingerprint density at radius 3 is 2.61 bits per heavy atom. The molecule has 0 aliphatic heterocycles. The van der Waals surface area contributed by atoms with E-state index < -0.39 is 15.9 Å². The quantitative estimate of drug-likeness (QED) is 0.641. The van der Waals surface area contributed by atoms with Crippen LogP contribution in [-0.2, 0) is 14.8 Å². The predicted octanol–water partition coefficient (Wildman–Crippen LogP) is 3.08. The van der Waals surface area contributed by atoms with Gasteiger partial charge in [-0.25, -0.2) is 13.4 Å². The summed E-state index contributed by atoms with van der Waals surface area (Å²) in [6.07, 6.45) is 3.15. The van der Waals surface area contributed by atoms with Crippen molar-refractivity contribution >= 4 is 38.5 Å². The summed E-state index contributed by atoms with van der Waals surface area (Å²) in [5, 5.41) is 5.87. The van der Waals surface area contributed by atoms with E-state index in [1.807, 2.05) is 30.3 Å². The molecule has 144 valence electrons. The third kappa shape index (κ3) is 5.32. The number of carbonyl (C=O) groups excluding carboxylic acids is 1. The van der Waals surface area contributed by atoms with Crippen LogP contribution >= 0.6 is 11.3 Å². The first kappa shape index (κ1) is 19.9. The number of amides is 1. The number of anilines is 1. The molecule has 0 saturated heterocycles. The highest BCUT2D eigenvalue weighted by Crippen LogP contribution is 2.23. The van der Waals surface area contributed by atoms with Crippen LogP contribution < -0.4 is 5.32 Å². The van der Waals surface area contributed by atoms with Gasteiger partial charge in [-0.15, -0.1) is 11.3 Å². The predicted molar refractivity (Wildman–Crippen MR) is 111 cm³/mol. The van der Waals surface area contributed by atoms with Gasteiger partial charge in [-0.1, -0.05) is 36.4 Å². The lowest BCUT2D eigenvalue weighted by Crippen LogP contribution is -2.33. The maximum absolute atomic E-state index is 12.3. The number of aromatic nitrogens is 2. The summed E-state index contributed by atoms with van der Waals surface area (Å²) in [6, 6.07) is 14.5. The van der Waals surface area contributed by atoms with Crippen LogP contribution in [0.15, 0.2) is 65.5 Å². The average Bonchev–Trinajstić information content (AvgIpc) is 3.16. The van der Waals surface area contributed by atoms with Gasteiger partial charge in [0.2, 0.25) is 15.9 Å². The molecular weight excluding hydrogens is 396 g/mol. The summed E-state index contributed by atoms with van der Waals surface area (Å²) < 4.78 is 25.6. The highest BCUT2D eigenvalue weighted by molar-refractivity contribution is 7.92. The van der Waals surface area contributed by atoms with Crippen LogP contribution in [0.25, 0.3) is 17.5 Å². The van der Waals surface area contributed by atoms with Crippen molar-refractivity contribution in [2.24, 2.45) is 0 Å². The molecule has 1 N–H and O–H groups in total. The van der Waals surface area contributed by atoms with E-state index in [1.165, 1.54) is 24.5 Å². The third-order valence-corrected chi connectivity index (χ3v) is 5.95. The highest BCUT2D eigenvalue weighted by atomic mass is 32.2. The molecule has 0 aliphatic carbocycles. The van der Waals surface area contributed by atoms with Crippen LogP contribution in [-0.4, -0.2) is 42.2 Å². The summed E-state index contributed by atoms with van der Waals surface area (Å²) in [4.78, 5) is 20.7. The van der Waals surface area contributed by atoms with Gasteiger partial charge in [-0.3, -0.25) is 9.78 Å². The number of pyridine rings is 1. The molecule has 2 aromatic heterocycles. The minimum absolute atomic E-state index is 0.319. The average molecular weight is 415 g/mol. The number of hydrogen-bond acceptors (Lipinski definition) is 6. The number of rotatable bonds is 7. The lowest BCUT2D eigenvalue weighted by Gasteiger charge is -2.13. The summed E-state index contributed by atoms with van der Waals surface area (Å²) in [5.41, 5.74) is 2.10. The van der Waals surface area contributed by atoms with E-state index in [9.17, 15) is 13.2 Å². The second kappa shape index (κ2) is 8.87. The fraction of sp³-hybridized carbons (Fsp3) is 0.105. The van der Waals surface area contributed by atoms with Gasteiger partial charge in [-0.05, 0) is 23.8 Å². The number of benzene rings is 1. The Hall–Kier alpha value is -2.88. The first-order valence-electron chi connectivity index (χ1n) is 8.30. The Kier molecular flexibility index (Phi) is 6.30. The van der Waals surface area contributed by atoms with Crippen LogP contribution in [0, 0.1) is 0 Å². The SMILES string of the molecule is CN(CC(=O)Nc1nc(-c2ccccn2)cs1)S(=O)(=O)C=Cc1ccccc1. The largest absolute Gasteiger partial charge is 0.301 e. The fourth-order valence-electron chi connectivity index (χ4n) is 2.25. The number of hydrogen-bond donors (Lipinski definition) is 1. The molecule has 3 aromatic rings. The van der Waals surface area contributed by atoms with Crippen molar-refractivity contribution in [3.63, 3.8) is 0 Å². The number of likely N-dealkylation sites (N-methyl/N-ethyl adjacent to an activating group) is 1. The standard InChI is InChI=1S/C19H18N4O3S2/c1-23(28(25,26)12-10-15-7-3-2-4-8-15)13-18(24)22-19-21-17(14-27-19)16-9-5-6-11-20-16/h2-12,14H,13H2,1H3,(H,21,22,24). The monoisotopic (exact) mass is 414 g/mol. The van der Waals surface area contributed by atoms with Crippen LogP contribution in [0.4, 0.5) is 5.13 Å². The zero-order valence-corrected chi connectivity index (χ0v) is 16.7. The molecule has 0 unspecified atom stereocenters. The molecule has 3 rings (SSSR count). The normalized spacial score (nSPS) is 11.8. The number of thiazole rings is 1. The van der Waals surface area contributed by atoms with Crippen molar-refractivity contribution in [3.8, 4) is 11.4 Å². The van der Waals surface area contributed by atoms with Crippen molar-refractivity contribution < 1.29 is 13.2 Å². The second-order valence-corrected chi connectivity index (χ2v) is 8.60. The minimum atomic E-state index is -3.72. The molecule has 1 aromatic carbocycles. The van der Waals surface area contributed by atoms with E-state index in [1.54, 1.807) is 29.8 Å². The van der Waals surface area contributed by atoms with Crippen LogP contribution in [0.3, 0.4) is 0 Å². The Labute approximate surface area is 167 Å². The van der Waals surface area contributed by atoms with Crippen LogP contribution in [0.1, 0.15) is 5.56 Å². The Morgan fingerprint density at radius 2 is 1.89 bits per heavy atom. The van der Waals surface area contributed by atoms with E-state index in [0.717, 1.165) is 15.3 Å². The molecular formula is C19H18N4O3S2. The molecule has 1 amide bonds. The molecule has 2 heterocycles. The zero-order chi connectivity index (χ0) is 20.0. The Morgan fingerprint density at radius 1 is 1.14 bits per heavy atom. The Bertz CT molecular complexity index is 1060. The van der Waals surface area contributed by atoms with E-state index in [-0.39, 0.29) is 6.54 Å². The number of nitrogens with zero attached hydrogens (tertiary/aromatic N) is 3. The topological polar surface area (TPSA) is 92.3 Å². The first-order chi connectivity index (χ1) is 13.4. The minimum Gasteiger partial charge on any atom is -0.301 e. The van der Waals surface area contributed by atoms with Gasteiger partial charge >= 0.3 is 0 Å². The molecule has 0 bridgehead atoms.